The lowest BCUT2D eigenvalue weighted by molar-refractivity contribution is -0.125. The highest BCUT2D eigenvalue weighted by molar-refractivity contribution is 7.84. The highest BCUT2D eigenvalue weighted by atomic mass is 32.2. The monoisotopic (exact) mass is 262 g/mol. The predicted molar refractivity (Wildman–Crippen MR) is 71.7 cm³/mol. The van der Waals surface area contributed by atoms with E-state index in [1.165, 1.54) is 19.3 Å². The van der Waals surface area contributed by atoms with E-state index < -0.39 is 10.8 Å². The van der Waals surface area contributed by atoms with Gasteiger partial charge in [-0.15, -0.1) is 0 Å². The number of rotatable bonds is 7. The van der Waals surface area contributed by atoms with E-state index in [0.29, 0.717) is 19.1 Å². The topological polar surface area (TPSA) is 35.5 Å². The summed E-state index contributed by atoms with van der Waals surface area (Å²) < 4.78 is 22.4. The zero-order valence-electron chi connectivity index (χ0n) is 11.4. The second-order valence-electron chi connectivity index (χ2n) is 5.10. The van der Waals surface area contributed by atoms with Gasteiger partial charge in [0.05, 0.1) is 12.2 Å². The molecule has 0 aromatic carbocycles. The van der Waals surface area contributed by atoms with Crippen LogP contribution in [0, 0.1) is 5.92 Å². The van der Waals surface area contributed by atoms with Gasteiger partial charge in [-0.05, 0) is 25.2 Å². The average Bonchev–Trinajstić information content (AvgIpc) is 2.31. The molecule has 1 rings (SSSR count). The van der Waals surface area contributed by atoms with Gasteiger partial charge in [0.15, 0.2) is 0 Å². The predicted octanol–water partition coefficient (Wildman–Crippen LogP) is 2.37. The maximum Gasteiger partial charge on any atom is 0.0936 e. The van der Waals surface area contributed by atoms with Crippen molar-refractivity contribution < 1.29 is 13.7 Å². The second kappa shape index (κ2) is 7.49. The molecule has 3 unspecified atom stereocenters. The summed E-state index contributed by atoms with van der Waals surface area (Å²) in [6, 6.07) is 0. The Balaban J connectivity index is 2.28. The zero-order chi connectivity index (χ0) is 12.7. The van der Waals surface area contributed by atoms with Crippen molar-refractivity contribution in [2.24, 2.45) is 5.92 Å². The fraction of sp³-hybridized carbons (Fsp3) is 1.00. The molecule has 0 aromatic rings. The van der Waals surface area contributed by atoms with Gasteiger partial charge in [0.2, 0.25) is 0 Å². The Morgan fingerprint density at radius 3 is 2.76 bits per heavy atom. The minimum absolute atomic E-state index is 0.0797. The van der Waals surface area contributed by atoms with Crippen LogP contribution in [0.25, 0.3) is 0 Å². The van der Waals surface area contributed by atoms with Crippen molar-refractivity contribution in [1.82, 2.24) is 0 Å². The molecule has 0 aromatic heterocycles. The van der Waals surface area contributed by atoms with E-state index in [2.05, 4.69) is 6.92 Å². The summed E-state index contributed by atoms with van der Waals surface area (Å²) in [6.07, 6.45) is 7.49. The lowest BCUT2D eigenvalue weighted by atomic mass is 9.77. The van der Waals surface area contributed by atoms with E-state index in [4.69, 9.17) is 9.47 Å². The van der Waals surface area contributed by atoms with Crippen molar-refractivity contribution in [3.05, 3.63) is 0 Å². The van der Waals surface area contributed by atoms with Crippen LogP contribution in [0.5, 0.6) is 0 Å². The molecule has 1 saturated carbocycles. The van der Waals surface area contributed by atoms with Gasteiger partial charge in [0.25, 0.3) is 0 Å². The van der Waals surface area contributed by atoms with E-state index in [9.17, 15) is 4.21 Å². The largest absolute Gasteiger partial charge is 0.378 e. The van der Waals surface area contributed by atoms with Crippen LogP contribution in [-0.2, 0) is 20.3 Å². The highest BCUT2D eigenvalue weighted by Gasteiger charge is 2.38. The second-order valence-corrected chi connectivity index (χ2v) is 6.65. The summed E-state index contributed by atoms with van der Waals surface area (Å²) in [5.41, 5.74) is -0.0797. The molecule has 0 spiro atoms. The van der Waals surface area contributed by atoms with Crippen molar-refractivity contribution in [3.63, 3.8) is 0 Å². The normalized spacial score (nSPS) is 31.4. The first kappa shape index (κ1) is 15.1. The molecule has 4 heteroatoms. The van der Waals surface area contributed by atoms with Gasteiger partial charge in [-0.25, -0.2) is 0 Å². The molecule has 0 bridgehead atoms. The third-order valence-corrected chi connectivity index (χ3v) is 4.72. The summed E-state index contributed by atoms with van der Waals surface area (Å²) in [6.45, 7) is 3.63. The summed E-state index contributed by atoms with van der Waals surface area (Å²) >= 11 is 0. The van der Waals surface area contributed by atoms with E-state index in [1.54, 1.807) is 13.4 Å². The number of hydrogen-bond donors (Lipinski definition) is 0. The van der Waals surface area contributed by atoms with Crippen LogP contribution < -0.4 is 0 Å². The Morgan fingerprint density at radius 1 is 1.41 bits per heavy atom. The third kappa shape index (κ3) is 4.68. The zero-order valence-corrected chi connectivity index (χ0v) is 12.2. The van der Waals surface area contributed by atoms with Gasteiger partial charge >= 0.3 is 0 Å². The average molecular weight is 262 g/mol. The first-order valence-corrected chi connectivity index (χ1v) is 8.26. The van der Waals surface area contributed by atoms with Crippen LogP contribution in [0.2, 0.25) is 0 Å². The smallest absolute Gasteiger partial charge is 0.0936 e. The van der Waals surface area contributed by atoms with E-state index in [-0.39, 0.29) is 5.60 Å². The van der Waals surface area contributed by atoms with Gasteiger partial charge in [0, 0.05) is 36.5 Å². The Kier molecular flexibility index (Phi) is 6.67. The van der Waals surface area contributed by atoms with Gasteiger partial charge in [-0.3, -0.25) is 4.21 Å². The van der Waals surface area contributed by atoms with Crippen LogP contribution in [0.4, 0.5) is 0 Å². The first-order chi connectivity index (χ1) is 8.10. The lowest BCUT2D eigenvalue weighted by Gasteiger charge is -2.41. The van der Waals surface area contributed by atoms with Crippen molar-refractivity contribution in [2.45, 2.75) is 44.6 Å². The van der Waals surface area contributed by atoms with E-state index in [1.807, 2.05) is 0 Å². The Bertz CT molecular complexity index is 245. The quantitative estimate of drug-likeness (QED) is 0.661. The van der Waals surface area contributed by atoms with Gasteiger partial charge in [0.1, 0.15) is 0 Å². The van der Waals surface area contributed by atoms with E-state index in [0.717, 1.165) is 18.6 Å². The summed E-state index contributed by atoms with van der Waals surface area (Å²) in [7, 11) is 1.09. The van der Waals surface area contributed by atoms with E-state index >= 15 is 0 Å². The van der Waals surface area contributed by atoms with Crippen LogP contribution in [-0.4, -0.2) is 42.1 Å². The van der Waals surface area contributed by atoms with Crippen LogP contribution in [0.1, 0.15) is 39.0 Å². The summed E-state index contributed by atoms with van der Waals surface area (Å²) in [4.78, 5) is 0. The molecule has 0 heterocycles. The fourth-order valence-corrected chi connectivity index (χ4v) is 3.09. The minimum atomic E-state index is -0.704. The number of hydrogen-bond acceptors (Lipinski definition) is 3. The van der Waals surface area contributed by atoms with Crippen LogP contribution in [0.15, 0.2) is 0 Å². The van der Waals surface area contributed by atoms with Crippen LogP contribution in [0.3, 0.4) is 0 Å². The summed E-state index contributed by atoms with van der Waals surface area (Å²) in [5.74, 6) is 1.30. The molecular formula is C13H26O3S. The molecule has 102 valence electrons. The van der Waals surface area contributed by atoms with Crippen LogP contribution >= 0.6 is 0 Å². The number of ether oxygens (including phenoxy) is 2. The maximum atomic E-state index is 10.9. The third-order valence-electron chi connectivity index (χ3n) is 3.86. The maximum absolute atomic E-state index is 10.9. The Labute approximate surface area is 108 Å². The number of methoxy groups -OCH3 is 1. The standard InChI is InChI=1S/C13H26O3S/c1-12-7-4-5-8-13(12,15-2)11-16-9-6-10-17(3)14/h12H,4-11H2,1-3H3. The molecule has 0 N–H and O–H groups in total. The molecule has 3 atom stereocenters. The molecule has 1 aliphatic rings. The molecule has 1 aliphatic carbocycles. The SMILES string of the molecule is COC1(COCCCS(C)=O)CCCCC1C. The molecule has 0 saturated heterocycles. The molecular weight excluding hydrogens is 236 g/mol. The van der Waals surface area contributed by atoms with Gasteiger partial charge in [-0.1, -0.05) is 19.8 Å². The first-order valence-electron chi connectivity index (χ1n) is 6.53. The van der Waals surface area contributed by atoms with Crippen molar-refractivity contribution >= 4 is 10.8 Å². The van der Waals surface area contributed by atoms with Crippen molar-refractivity contribution in [2.75, 3.05) is 32.3 Å². The molecule has 3 nitrogen and oxygen atoms in total. The molecule has 1 fully saturated rings. The molecule has 17 heavy (non-hydrogen) atoms. The van der Waals surface area contributed by atoms with Gasteiger partial charge < -0.3 is 9.47 Å². The minimum Gasteiger partial charge on any atom is -0.378 e. The molecule has 0 aliphatic heterocycles. The van der Waals surface area contributed by atoms with Gasteiger partial charge in [-0.2, -0.15) is 0 Å². The molecule has 0 amide bonds. The Hall–Kier alpha value is 0.0700. The van der Waals surface area contributed by atoms with Crippen molar-refractivity contribution in [1.29, 1.82) is 0 Å². The fourth-order valence-electron chi connectivity index (χ4n) is 2.57. The lowest BCUT2D eigenvalue weighted by Crippen LogP contribution is -2.45. The Morgan fingerprint density at radius 2 is 2.18 bits per heavy atom. The summed E-state index contributed by atoms with van der Waals surface area (Å²) in [5, 5.41) is 0. The highest BCUT2D eigenvalue weighted by Crippen LogP contribution is 2.36. The molecule has 0 radical (unpaired) electrons. The van der Waals surface area contributed by atoms with Crippen molar-refractivity contribution in [3.8, 4) is 0 Å².